The van der Waals surface area contributed by atoms with Crippen molar-refractivity contribution in [3.63, 3.8) is 0 Å². The molecule has 0 radical (unpaired) electrons. The van der Waals surface area contributed by atoms with Gasteiger partial charge in [0.2, 0.25) is 5.91 Å². The minimum atomic E-state index is -2.79. The van der Waals surface area contributed by atoms with Crippen molar-refractivity contribution < 1.29 is 13.6 Å². The molecule has 2 rings (SSSR count). The van der Waals surface area contributed by atoms with E-state index < -0.39 is 24.9 Å². The van der Waals surface area contributed by atoms with Crippen LogP contribution in [0.25, 0.3) is 0 Å². The summed E-state index contributed by atoms with van der Waals surface area (Å²) in [5, 5.41) is 5.38. The Kier molecular flexibility index (Phi) is 5.70. The normalized spacial score (nSPS) is 21.5. The zero-order valence-corrected chi connectivity index (χ0v) is 13.2. The fraction of sp³-hybridized carbons (Fsp3) is 0.533. The Balaban J connectivity index is 0.00000220. The summed E-state index contributed by atoms with van der Waals surface area (Å²) in [6, 6.07) is 4.88. The molecule has 2 atom stereocenters. The Hall–Kier alpha value is -1.20. The molecule has 1 amide bonds. The van der Waals surface area contributed by atoms with Gasteiger partial charge in [0.15, 0.2) is 0 Å². The molecule has 0 saturated carbocycles. The molecular formula is C15H21ClF2N2O. The van der Waals surface area contributed by atoms with Crippen molar-refractivity contribution in [3.8, 4) is 0 Å². The minimum Gasteiger partial charge on any atom is -0.348 e. The summed E-state index contributed by atoms with van der Waals surface area (Å²) >= 11 is 0. The molecule has 1 aromatic carbocycles. The third kappa shape index (κ3) is 4.14. The van der Waals surface area contributed by atoms with Gasteiger partial charge >= 0.3 is 0 Å². The van der Waals surface area contributed by atoms with Gasteiger partial charge in [0.1, 0.15) is 0 Å². The smallest absolute Gasteiger partial charge is 0.262 e. The number of benzene rings is 1. The van der Waals surface area contributed by atoms with E-state index in [0.717, 1.165) is 16.7 Å². The third-order valence-electron chi connectivity index (χ3n) is 3.90. The average Bonchev–Trinajstić information content (AvgIpc) is 2.73. The Bertz CT molecular complexity index is 522. The summed E-state index contributed by atoms with van der Waals surface area (Å²) in [4.78, 5) is 12.0. The van der Waals surface area contributed by atoms with E-state index in [1.54, 1.807) is 0 Å². The van der Waals surface area contributed by atoms with Crippen molar-refractivity contribution >= 4 is 18.3 Å². The molecule has 1 heterocycles. The maximum absolute atomic E-state index is 13.1. The third-order valence-corrected chi connectivity index (χ3v) is 3.90. The minimum absolute atomic E-state index is 0. The number of aryl methyl sites for hydroxylation is 1. The topological polar surface area (TPSA) is 41.1 Å². The highest BCUT2D eigenvalue weighted by Crippen LogP contribution is 2.26. The van der Waals surface area contributed by atoms with Gasteiger partial charge in [-0.2, -0.15) is 0 Å². The Morgan fingerprint density at radius 1 is 1.43 bits per heavy atom. The van der Waals surface area contributed by atoms with E-state index in [1.807, 2.05) is 39.0 Å². The van der Waals surface area contributed by atoms with Gasteiger partial charge in [-0.3, -0.25) is 10.1 Å². The van der Waals surface area contributed by atoms with Gasteiger partial charge in [0.25, 0.3) is 5.92 Å². The second-order valence-corrected chi connectivity index (χ2v) is 5.51. The first-order valence-electron chi connectivity index (χ1n) is 6.78. The lowest BCUT2D eigenvalue weighted by molar-refractivity contribution is -0.124. The van der Waals surface area contributed by atoms with Gasteiger partial charge in [-0.05, 0) is 37.5 Å². The Labute approximate surface area is 129 Å². The maximum Gasteiger partial charge on any atom is 0.262 e. The molecule has 1 aromatic rings. The van der Waals surface area contributed by atoms with E-state index in [1.165, 1.54) is 0 Å². The van der Waals surface area contributed by atoms with Crippen molar-refractivity contribution in [2.45, 2.75) is 45.2 Å². The van der Waals surface area contributed by atoms with Crippen LogP contribution in [-0.2, 0) is 4.79 Å². The molecule has 118 valence electrons. The van der Waals surface area contributed by atoms with Crippen molar-refractivity contribution in [1.29, 1.82) is 0 Å². The highest BCUT2D eigenvalue weighted by atomic mass is 35.5. The molecule has 1 aliphatic heterocycles. The van der Waals surface area contributed by atoms with Crippen molar-refractivity contribution in [1.82, 2.24) is 10.6 Å². The van der Waals surface area contributed by atoms with Gasteiger partial charge in [-0.1, -0.05) is 18.2 Å². The summed E-state index contributed by atoms with van der Waals surface area (Å²) in [6.45, 7) is 5.44. The SMILES string of the molecule is Cc1cccc(C(C)NC(=O)C2CC(F)(F)CN2)c1C.Cl. The van der Waals surface area contributed by atoms with Crippen LogP contribution in [0.5, 0.6) is 0 Å². The van der Waals surface area contributed by atoms with Crippen LogP contribution < -0.4 is 10.6 Å². The number of rotatable bonds is 3. The van der Waals surface area contributed by atoms with Crippen LogP contribution in [0.3, 0.4) is 0 Å². The predicted octanol–water partition coefficient (Wildman–Crippen LogP) is 2.90. The average molecular weight is 319 g/mol. The molecule has 1 saturated heterocycles. The van der Waals surface area contributed by atoms with Gasteiger partial charge in [0.05, 0.1) is 18.6 Å². The first-order chi connectivity index (χ1) is 9.30. The van der Waals surface area contributed by atoms with Crippen LogP contribution in [0.15, 0.2) is 18.2 Å². The molecule has 2 N–H and O–H groups in total. The fourth-order valence-corrected chi connectivity index (χ4v) is 2.54. The van der Waals surface area contributed by atoms with Crippen LogP contribution in [0.2, 0.25) is 0 Å². The van der Waals surface area contributed by atoms with Crippen LogP contribution in [0.4, 0.5) is 8.78 Å². The number of alkyl halides is 2. The van der Waals surface area contributed by atoms with E-state index in [0.29, 0.717) is 0 Å². The molecule has 21 heavy (non-hydrogen) atoms. The summed E-state index contributed by atoms with van der Waals surface area (Å²) < 4.78 is 26.2. The van der Waals surface area contributed by atoms with Crippen molar-refractivity contribution in [3.05, 3.63) is 34.9 Å². The molecule has 3 nitrogen and oxygen atoms in total. The number of halogens is 3. The number of carbonyl (C=O) groups excluding carboxylic acids is 1. The lowest BCUT2D eigenvalue weighted by Crippen LogP contribution is -2.41. The fourth-order valence-electron chi connectivity index (χ4n) is 2.54. The van der Waals surface area contributed by atoms with Gasteiger partial charge in [-0.15, -0.1) is 12.4 Å². The van der Waals surface area contributed by atoms with E-state index in [2.05, 4.69) is 10.6 Å². The van der Waals surface area contributed by atoms with Crippen LogP contribution in [0.1, 0.15) is 36.1 Å². The maximum atomic E-state index is 13.1. The standard InChI is InChI=1S/C15H20F2N2O.ClH/c1-9-5-4-6-12(10(9)2)11(3)19-14(20)13-7-15(16,17)8-18-13;/h4-6,11,13,18H,7-8H2,1-3H3,(H,19,20);1H. The number of nitrogens with one attached hydrogen (secondary N) is 2. The monoisotopic (exact) mass is 318 g/mol. The lowest BCUT2D eigenvalue weighted by Gasteiger charge is -2.20. The molecular weight excluding hydrogens is 298 g/mol. The highest BCUT2D eigenvalue weighted by molar-refractivity contribution is 5.85. The summed E-state index contributed by atoms with van der Waals surface area (Å²) in [7, 11) is 0. The quantitative estimate of drug-likeness (QED) is 0.899. The molecule has 0 aliphatic carbocycles. The van der Waals surface area contributed by atoms with Crippen LogP contribution in [-0.4, -0.2) is 24.4 Å². The molecule has 2 unspecified atom stereocenters. The van der Waals surface area contributed by atoms with Gasteiger partial charge < -0.3 is 5.32 Å². The van der Waals surface area contributed by atoms with E-state index in [4.69, 9.17) is 0 Å². The number of hydrogen-bond donors (Lipinski definition) is 2. The van der Waals surface area contributed by atoms with Crippen molar-refractivity contribution in [2.24, 2.45) is 0 Å². The second kappa shape index (κ2) is 6.71. The molecule has 0 bridgehead atoms. The summed E-state index contributed by atoms with van der Waals surface area (Å²) in [5.41, 5.74) is 3.28. The summed E-state index contributed by atoms with van der Waals surface area (Å²) in [5.74, 6) is -3.15. The van der Waals surface area contributed by atoms with Crippen LogP contribution in [0, 0.1) is 13.8 Å². The van der Waals surface area contributed by atoms with Gasteiger partial charge in [0, 0.05) is 6.42 Å². The van der Waals surface area contributed by atoms with Gasteiger partial charge in [-0.25, -0.2) is 8.78 Å². The predicted molar refractivity (Wildman–Crippen MR) is 81.1 cm³/mol. The first-order valence-corrected chi connectivity index (χ1v) is 6.78. The van der Waals surface area contributed by atoms with E-state index in [-0.39, 0.29) is 24.4 Å². The second-order valence-electron chi connectivity index (χ2n) is 5.51. The summed E-state index contributed by atoms with van der Waals surface area (Å²) in [6.07, 6.45) is -0.432. The number of amides is 1. The van der Waals surface area contributed by atoms with E-state index >= 15 is 0 Å². The van der Waals surface area contributed by atoms with E-state index in [9.17, 15) is 13.6 Å². The molecule has 6 heteroatoms. The molecule has 1 fully saturated rings. The molecule has 0 aromatic heterocycles. The van der Waals surface area contributed by atoms with Crippen molar-refractivity contribution in [2.75, 3.05) is 6.54 Å². The Morgan fingerprint density at radius 2 is 2.10 bits per heavy atom. The zero-order valence-electron chi connectivity index (χ0n) is 12.4. The number of hydrogen-bond acceptors (Lipinski definition) is 2. The number of carbonyl (C=O) groups is 1. The lowest BCUT2D eigenvalue weighted by atomic mass is 9.98. The first kappa shape index (κ1) is 17.9. The molecule has 0 spiro atoms. The highest BCUT2D eigenvalue weighted by Gasteiger charge is 2.42. The zero-order chi connectivity index (χ0) is 14.9. The van der Waals surface area contributed by atoms with Crippen LogP contribution >= 0.6 is 12.4 Å². The Morgan fingerprint density at radius 3 is 2.67 bits per heavy atom. The molecule has 1 aliphatic rings. The largest absolute Gasteiger partial charge is 0.348 e.